The number of benzene rings is 10. The number of para-hydroxylation sites is 1. The van der Waals surface area contributed by atoms with Gasteiger partial charge in [0.1, 0.15) is 0 Å². The van der Waals surface area contributed by atoms with E-state index < -0.39 is 0 Å². The van der Waals surface area contributed by atoms with Gasteiger partial charge in [0.2, 0.25) is 0 Å². The van der Waals surface area contributed by atoms with Crippen LogP contribution < -0.4 is 4.90 Å². The van der Waals surface area contributed by atoms with Gasteiger partial charge in [0.15, 0.2) is 0 Å². The van der Waals surface area contributed by atoms with E-state index in [1.165, 1.54) is 100 Å². The summed E-state index contributed by atoms with van der Waals surface area (Å²) in [6.07, 6.45) is 1.75. The van der Waals surface area contributed by atoms with Crippen molar-refractivity contribution >= 4 is 40.3 Å². The van der Waals surface area contributed by atoms with E-state index in [2.05, 4.69) is 240 Å². The number of fused-ring (bicyclic) bond motifs is 9. The van der Waals surface area contributed by atoms with Crippen molar-refractivity contribution in [3.05, 3.63) is 290 Å². The number of anilines is 3. The molecule has 0 amide bonds. The second kappa shape index (κ2) is 17.6. The van der Waals surface area contributed by atoms with Gasteiger partial charge in [-0.2, -0.15) is 0 Å². The van der Waals surface area contributed by atoms with Crippen LogP contribution in [-0.4, -0.2) is 0 Å². The normalized spacial score (nSPS) is 16.4. The zero-order valence-corrected chi connectivity index (χ0v) is 44.1. The molecule has 0 fully saturated rings. The minimum absolute atomic E-state index is 0.0826. The quantitative estimate of drug-likeness (QED) is 0.132. The van der Waals surface area contributed by atoms with E-state index in [-0.39, 0.29) is 22.2 Å². The Bertz CT molecular complexity index is 3830. The molecule has 0 N–H and O–H groups in total. The SMILES string of the molecule is CC1(C)c2ccccc2-c2ccc(C(Cc3ccc4c(c3)C(C)(Cc3ccc5c(c3)-c3ccc(N(c6ccc(Cl)cc6)c6ccccc6-c6ccccc6)cc3C5(C)C)c3ccccc3-4)c3ccc(Cl)cc3)cc21. The molecule has 0 saturated heterocycles. The number of hydrogen-bond donors (Lipinski definition) is 0. The Morgan fingerprint density at radius 1 is 0.365 bits per heavy atom. The molecule has 0 heterocycles. The summed E-state index contributed by atoms with van der Waals surface area (Å²) in [4.78, 5) is 2.39. The summed E-state index contributed by atoms with van der Waals surface area (Å²) in [5, 5.41) is 1.48. The molecule has 0 saturated carbocycles. The van der Waals surface area contributed by atoms with Crippen molar-refractivity contribution in [2.24, 2.45) is 0 Å². The first-order valence-corrected chi connectivity index (χ1v) is 26.8. The molecule has 3 aliphatic rings. The van der Waals surface area contributed by atoms with E-state index in [0.717, 1.165) is 39.9 Å². The van der Waals surface area contributed by atoms with Crippen molar-refractivity contribution < 1.29 is 0 Å². The molecule has 74 heavy (non-hydrogen) atoms. The van der Waals surface area contributed by atoms with Crippen LogP contribution in [0, 0.1) is 0 Å². The molecular formula is C71H57Cl2N. The Labute approximate surface area is 446 Å². The van der Waals surface area contributed by atoms with Gasteiger partial charge in [0.05, 0.1) is 5.69 Å². The molecule has 3 aliphatic carbocycles. The van der Waals surface area contributed by atoms with Crippen LogP contribution in [0.4, 0.5) is 17.1 Å². The van der Waals surface area contributed by atoms with E-state index in [1.807, 2.05) is 24.3 Å². The highest BCUT2D eigenvalue weighted by atomic mass is 35.5. The van der Waals surface area contributed by atoms with Crippen molar-refractivity contribution in [2.75, 3.05) is 4.90 Å². The van der Waals surface area contributed by atoms with Gasteiger partial charge in [-0.3, -0.25) is 0 Å². The molecule has 3 heteroatoms. The molecule has 10 aromatic carbocycles. The first kappa shape index (κ1) is 46.4. The van der Waals surface area contributed by atoms with E-state index in [0.29, 0.717) is 0 Å². The highest BCUT2D eigenvalue weighted by Crippen LogP contribution is 2.55. The highest BCUT2D eigenvalue weighted by Gasteiger charge is 2.42. The lowest BCUT2D eigenvalue weighted by Crippen LogP contribution is -2.24. The number of halogens is 2. The fraction of sp³-hybridized carbons (Fsp3) is 0.155. The van der Waals surface area contributed by atoms with E-state index in [4.69, 9.17) is 23.2 Å². The number of rotatable bonds is 10. The smallest absolute Gasteiger partial charge is 0.0540 e. The maximum absolute atomic E-state index is 6.55. The Balaban J connectivity index is 0.866. The summed E-state index contributed by atoms with van der Waals surface area (Å²) in [6, 6.07) is 83.2. The topological polar surface area (TPSA) is 3.24 Å². The van der Waals surface area contributed by atoms with Crippen molar-refractivity contribution in [3.63, 3.8) is 0 Å². The molecule has 0 aliphatic heterocycles. The summed E-state index contributed by atoms with van der Waals surface area (Å²) in [5.41, 5.74) is 26.7. The largest absolute Gasteiger partial charge is 0.310 e. The summed E-state index contributed by atoms with van der Waals surface area (Å²) >= 11 is 13.1. The molecule has 0 spiro atoms. The second-order valence-electron chi connectivity index (χ2n) is 22.1. The maximum Gasteiger partial charge on any atom is 0.0540 e. The van der Waals surface area contributed by atoms with Crippen molar-refractivity contribution in [1.82, 2.24) is 0 Å². The summed E-state index contributed by atoms with van der Waals surface area (Å²) in [7, 11) is 0. The predicted molar refractivity (Wildman–Crippen MR) is 312 cm³/mol. The first-order chi connectivity index (χ1) is 35.9. The van der Waals surface area contributed by atoms with Crippen LogP contribution in [-0.2, 0) is 29.1 Å². The molecule has 360 valence electrons. The van der Waals surface area contributed by atoms with Crippen LogP contribution in [0.25, 0.3) is 44.5 Å². The van der Waals surface area contributed by atoms with Gasteiger partial charge in [-0.25, -0.2) is 0 Å². The van der Waals surface area contributed by atoms with Gasteiger partial charge >= 0.3 is 0 Å². The Morgan fingerprint density at radius 2 is 0.878 bits per heavy atom. The molecule has 0 radical (unpaired) electrons. The third kappa shape index (κ3) is 7.50. The molecular weight excluding hydrogens is 938 g/mol. The lowest BCUT2D eigenvalue weighted by atomic mass is 9.74. The molecule has 13 rings (SSSR count). The molecule has 0 bridgehead atoms. The highest BCUT2D eigenvalue weighted by molar-refractivity contribution is 6.31. The van der Waals surface area contributed by atoms with Crippen LogP contribution in [0.1, 0.15) is 96.2 Å². The summed E-state index contributed by atoms with van der Waals surface area (Å²) < 4.78 is 0. The minimum atomic E-state index is -0.249. The summed E-state index contributed by atoms with van der Waals surface area (Å²) in [5.74, 6) is 0.141. The van der Waals surface area contributed by atoms with Crippen molar-refractivity contribution in [3.8, 4) is 44.5 Å². The molecule has 2 atom stereocenters. The second-order valence-corrected chi connectivity index (χ2v) is 23.0. The standard InChI is InChI=1S/C71H57Cl2N/c1-69(2)62-20-12-9-18-55(62)57-36-27-49(42-65(57)69)60(48-25-28-50(72)29-26-48)39-45-23-35-58-56-19-10-13-21-64(56)71(5,67(58)41-45)44-46-24-38-63-61(40-46)59-37-34-53(43-66(59)70(63,3)4)74(52-32-30-51(73)31-33-52)68-22-14-11-17-54(68)47-15-7-6-8-16-47/h6-38,40-43,60H,39,44H2,1-5H3. The Kier molecular flexibility index (Phi) is 11.0. The van der Waals surface area contributed by atoms with Crippen LogP contribution in [0.2, 0.25) is 10.0 Å². The average molecular weight is 995 g/mol. The Morgan fingerprint density at radius 3 is 1.62 bits per heavy atom. The predicted octanol–water partition coefficient (Wildman–Crippen LogP) is 19.6. The van der Waals surface area contributed by atoms with Crippen LogP contribution in [0.15, 0.2) is 224 Å². The molecule has 1 nitrogen and oxygen atoms in total. The van der Waals surface area contributed by atoms with Crippen molar-refractivity contribution in [1.29, 1.82) is 0 Å². The number of nitrogens with zero attached hydrogens (tertiary/aromatic N) is 1. The first-order valence-electron chi connectivity index (χ1n) is 26.1. The van der Waals surface area contributed by atoms with E-state index in [1.54, 1.807) is 0 Å². The molecule has 2 unspecified atom stereocenters. The maximum atomic E-state index is 6.55. The Hall–Kier alpha value is -7.42. The fourth-order valence-electron chi connectivity index (χ4n) is 13.2. The van der Waals surface area contributed by atoms with E-state index in [9.17, 15) is 0 Å². The third-order valence-electron chi connectivity index (χ3n) is 17.1. The minimum Gasteiger partial charge on any atom is -0.310 e. The van der Waals surface area contributed by atoms with Gasteiger partial charge in [-0.05, 0) is 162 Å². The van der Waals surface area contributed by atoms with Gasteiger partial charge in [-0.15, -0.1) is 0 Å². The fourth-order valence-corrected chi connectivity index (χ4v) is 13.5. The molecule has 10 aromatic rings. The van der Waals surface area contributed by atoms with Gasteiger partial charge < -0.3 is 4.90 Å². The average Bonchev–Trinajstić information content (AvgIpc) is 3.91. The van der Waals surface area contributed by atoms with Gasteiger partial charge in [0, 0.05) is 49.1 Å². The third-order valence-corrected chi connectivity index (χ3v) is 17.6. The lowest BCUT2D eigenvalue weighted by molar-refractivity contribution is 0.581. The number of hydrogen-bond acceptors (Lipinski definition) is 1. The summed E-state index contributed by atoms with van der Waals surface area (Å²) in [6.45, 7) is 12.0. The van der Waals surface area contributed by atoms with Crippen LogP contribution in [0.3, 0.4) is 0 Å². The molecule has 0 aromatic heterocycles. The van der Waals surface area contributed by atoms with Crippen LogP contribution in [0.5, 0.6) is 0 Å². The van der Waals surface area contributed by atoms with Gasteiger partial charge in [-0.1, -0.05) is 228 Å². The zero-order chi connectivity index (χ0) is 50.5. The van der Waals surface area contributed by atoms with Crippen LogP contribution >= 0.6 is 23.2 Å². The van der Waals surface area contributed by atoms with Gasteiger partial charge in [0.25, 0.3) is 0 Å². The monoisotopic (exact) mass is 993 g/mol. The zero-order valence-electron chi connectivity index (χ0n) is 42.6. The lowest BCUT2D eigenvalue weighted by Gasteiger charge is -2.30. The van der Waals surface area contributed by atoms with Crippen molar-refractivity contribution in [2.45, 2.75) is 69.6 Å². The van der Waals surface area contributed by atoms with E-state index >= 15 is 0 Å².